The Labute approximate surface area is 180 Å². The van der Waals surface area contributed by atoms with Gasteiger partial charge in [-0.05, 0) is 17.2 Å². The molecule has 31 heavy (non-hydrogen) atoms. The number of benzene rings is 2. The van der Waals surface area contributed by atoms with Crippen LogP contribution >= 0.6 is 0 Å². The number of hydrogen-bond acceptors (Lipinski definition) is 4. The maximum absolute atomic E-state index is 13.3. The fourth-order valence-corrected chi connectivity index (χ4v) is 5.06. The minimum atomic E-state index is -0.651. The molecule has 2 saturated heterocycles. The third kappa shape index (κ3) is 3.59. The molecule has 3 amide bonds. The van der Waals surface area contributed by atoms with Gasteiger partial charge in [-0.1, -0.05) is 48.5 Å². The molecule has 3 heterocycles. The summed E-state index contributed by atoms with van der Waals surface area (Å²) in [6.45, 7) is 1.63. The molecule has 3 aliphatic heterocycles. The van der Waals surface area contributed by atoms with Gasteiger partial charge in [-0.15, -0.1) is 0 Å². The van der Waals surface area contributed by atoms with E-state index in [1.54, 1.807) is 11.0 Å². The number of nitrogens with zero attached hydrogens (tertiary/aromatic N) is 1. The van der Waals surface area contributed by atoms with E-state index < -0.39 is 5.54 Å². The highest BCUT2D eigenvalue weighted by atomic mass is 16.5. The first kappa shape index (κ1) is 19.8. The molecule has 2 aromatic rings. The molecule has 0 bridgehead atoms. The average molecular weight is 419 g/mol. The number of fused-ring (bicyclic) bond motifs is 1. The molecule has 3 atom stereocenters. The van der Waals surface area contributed by atoms with Crippen molar-refractivity contribution in [1.82, 2.24) is 15.5 Å². The largest absolute Gasteiger partial charge is 0.378 e. The number of amides is 3. The maximum Gasteiger partial charge on any atom is 0.252 e. The molecule has 160 valence electrons. The SMILES string of the molecule is O=C1CCOC[C@]2(CN(C(=O)C[C@@H]3NC(=O)c4ccccc43)C[C@H]2c2ccccc2)N1. The van der Waals surface area contributed by atoms with E-state index in [1.165, 1.54) is 0 Å². The molecule has 0 unspecified atom stereocenters. The number of carbonyl (C=O) groups is 3. The Morgan fingerprint density at radius 3 is 2.71 bits per heavy atom. The minimum Gasteiger partial charge on any atom is -0.378 e. The van der Waals surface area contributed by atoms with E-state index in [-0.39, 0.29) is 36.1 Å². The van der Waals surface area contributed by atoms with Crippen molar-refractivity contribution in [2.24, 2.45) is 0 Å². The molecule has 0 aromatic heterocycles. The van der Waals surface area contributed by atoms with Crippen molar-refractivity contribution in [3.8, 4) is 0 Å². The average Bonchev–Trinajstić information content (AvgIpc) is 3.23. The summed E-state index contributed by atoms with van der Waals surface area (Å²) < 4.78 is 5.80. The van der Waals surface area contributed by atoms with E-state index in [0.717, 1.165) is 11.1 Å². The molecule has 0 radical (unpaired) electrons. The molecule has 2 fully saturated rings. The molecule has 3 aliphatic rings. The molecule has 1 spiro atoms. The van der Waals surface area contributed by atoms with Crippen LogP contribution in [-0.2, 0) is 14.3 Å². The van der Waals surface area contributed by atoms with Gasteiger partial charge in [0.1, 0.15) is 0 Å². The van der Waals surface area contributed by atoms with Gasteiger partial charge in [0.15, 0.2) is 0 Å². The first-order valence-corrected chi connectivity index (χ1v) is 10.7. The minimum absolute atomic E-state index is 0.0432. The van der Waals surface area contributed by atoms with Gasteiger partial charge in [0.25, 0.3) is 5.91 Å². The van der Waals surface area contributed by atoms with Gasteiger partial charge in [-0.2, -0.15) is 0 Å². The summed E-state index contributed by atoms with van der Waals surface area (Å²) in [6, 6.07) is 17.0. The van der Waals surface area contributed by atoms with Gasteiger partial charge in [-0.25, -0.2) is 0 Å². The zero-order valence-electron chi connectivity index (χ0n) is 17.2. The molecule has 2 N–H and O–H groups in total. The molecule has 5 rings (SSSR count). The first-order valence-electron chi connectivity index (χ1n) is 10.7. The predicted molar refractivity (Wildman–Crippen MR) is 113 cm³/mol. The van der Waals surface area contributed by atoms with E-state index in [0.29, 0.717) is 38.3 Å². The number of ether oxygens (including phenoxy) is 1. The van der Waals surface area contributed by atoms with Crippen molar-refractivity contribution < 1.29 is 19.1 Å². The van der Waals surface area contributed by atoms with Gasteiger partial charge >= 0.3 is 0 Å². The van der Waals surface area contributed by atoms with E-state index in [2.05, 4.69) is 10.6 Å². The molecule has 7 heteroatoms. The van der Waals surface area contributed by atoms with Crippen molar-refractivity contribution in [2.45, 2.75) is 30.3 Å². The Morgan fingerprint density at radius 1 is 1.10 bits per heavy atom. The molecule has 2 aromatic carbocycles. The van der Waals surface area contributed by atoms with Crippen molar-refractivity contribution in [3.63, 3.8) is 0 Å². The number of nitrogens with one attached hydrogen (secondary N) is 2. The van der Waals surface area contributed by atoms with Crippen LogP contribution in [0.4, 0.5) is 0 Å². The highest BCUT2D eigenvalue weighted by Crippen LogP contribution is 2.38. The van der Waals surface area contributed by atoms with Gasteiger partial charge in [-0.3, -0.25) is 14.4 Å². The van der Waals surface area contributed by atoms with Gasteiger partial charge < -0.3 is 20.3 Å². The van der Waals surface area contributed by atoms with E-state index in [4.69, 9.17) is 4.74 Å². The van der Waals surface area contributed by atoms with Crippen molar-refractivity contribution in [3.05, 3.63) is 71.3 Å². The zero-order valence-corrected chi connectivity index (χ0v) is 17.2. The van der Waals surface area contributed by atoms with Crippen LogP contribution in [0, 0.1) is 0 Å². The molecule has 0 saturated carbocycles. The molecule has 7 nitrogen and oxygen atoms in total. The Hall–Kier alpha value is -3.19. The van der Waals surface area contributed by atoms with Crippen LogP contribution in [0.1, 0.15) is 46.3 Å². The Bertz CT molecular complexity index is 1020. The number of hydrogen-bond donors (Lipinski definition) is 2. The topological polar surface area (TPSA) is 87.7 Å². The normalized spacial score (nSPS) is 27.5. The standard InChI is InChI=1S/C24H25N3O4/c28-21-10-11-31-15-24(26-21)14-27(13-19(24)16-6-2-1-3-7-16)22(29)12-20-17-8-4-5-9-18(17)23(30)25-20/h1-9,19-20H,10-15H2,(H,25,30)(H,26,28)/t19-,20-,24-/m0/s1. The Balaban J connectivity index is 1.40. The van der Waals surface area contributed by atoms with Gasteiger partial charge in [0.2, 0.25) is 11.8 Å². The van der Waals surface area contributed by atoms with Gasteiger partial charge in [0.05, 0.1) is 31.2 Å². The fourth-order valence-electron chi connectivity index (χ4n) is 5.06. The zero-order chi connectivity index (χ0) is 21.4. The van der Waals surface area contributed by atoms with E-state index >= 15 is 0 Å². The van der Waals surface area contributed by atoms with Crippen LogP contribution in [0.25, 0.3) is 0 Å². The Kier molecular flexibility index (Phi) is 4.98. The number of carbonyl (C=O) groups excluding carboxylic acids is 3. The lowest BCUT2D eigenvalue weighted by Gasteiger charge is -2.33. The summed E-state index contributed by atoms with van der Waals surface area (Å²) in [5.41, 5.74) is 1.91. The van der Waals surface area contributed by atoms with Crippen LogP contribution < -0.4 is 10.6 Å². The third-order valence-electron chi connectivity index (χ3n) is 6.58. The second-order valence-corrected chi connectivity index (χ2v) is 8.56. The second kappa shape index (κ2) is 7.81. The monoisotopic (exact) mass is 419 g/mol. The number of rotatable bonds is 3. The predicted octanol–water partition coefficient (Wildman–Crippen LogP) is 1.76. The lowest BCUT2D eigenvalue weighted by molar-refractivity contribution is -0.131. The highest BCUT2D eigenvalue weighted by Gasteiger charge is 2.51. The highest BCUT2D eigenvalue weighted by molar-refractivity contribution is 5.99. The Morgan fingerprint density at radius 2 is 1.87 bits per heavy atom. The van der Waals surface area contributed by atoms with Crippen molar-refractivity contribution in [2.75, 3.05) is 26.3 Å². The summed E-state index contributed by atoms with van der Waals surface area (Å²) in [5.74, 6) is -0.300. The maximum atomic E-state index is 13.3. The van der Waals surface area contributed by atoms with Crippen molar-refractivity contribution in [1.29, 1.82) is 0 Å². The van der Waals surface area contributed by atoms with Crippen LogP contribution in [0.3, 0.4) is 0 Å². The van der Waals surface area contributed by atoms with Crippen LogP contribution in [-0.4, -0.2) is 54.5 Å². The van der Waals surface area contributed by atoms with Crippen LogP contribution in [0.15, 0.2) is 54.6 Å². The smallest absolute Gasteiger partial charge is 0.252 e. The summed E-state index contributed by atoms with van der Waals surface area (Å²) in [4.78, 5) is 39.8. The first-order chi connectivity index (χ1) is 15.1. The molecule has 0 aliphatic carbocycles. The summed E-state index contributed by atoms with van der Waals surface area (Å²) in [7, 11) is 0. The summed E-state index contributed by atoms with van der Waals surface area (Å²) in [6.07, 6.45) is 0.511. The van der Waals surface area contributed by atoms with E-state index in [9.17, 15) is 14.4 Å². The second-order valence-electron chi connectivity index (χ2n) is 8.56. The summed E-state index contributed by atoms with van der Waals surface area (Å²) in [5, 5.41) is 6.10. The molecular formula is C24H25N3O4. The third-order valence-corrected chi connectivity index (χ3v) is 6.58. The lowest BCUT2D eigenvalue weighted by atomic mass is 9.82. The van der Waals surface area contributed by atoms with Crippen LogP contribution in [0.5, 0.6) is 0 Å². The van der Waals surface area contributed by atoms with E-state index in [1.807, 2.05) is 48.5 Å². The lowest BCUT2D eigenvalue weighted by Crippen LogP contribution is -2.55. The fraction of sp³-hybridized carbons (Fsp3) is 0.375. The van der Waals surface area contributed by atoms with Gasteiger partial charge in [0, 0.05) is 31.0 Å². The summed E-state index contributed by atoms with van der Waals surface area (Å²) >= 11 is 0. The molecular weight excluding hydrogens is 394 g/mol. The van der Waals surface area contributed by atoms with Crippen LogP contribution in [0.2, 0.25) is 0 Å². The van der Waals surface area contributed by atoms with Crippen molar-refractivity contribution >= 4 is 17.7 Å². The quantitative estimate of drug-likeness (QED) is 0.794. The number of likely N-dealkylation sites (tertiary alicyclic amines) is 1.